The lowest BCUT2D eigenvalue weighted by Crippen LogP contribution is -2.30. The number of amides is 1. The monoisotopic (exact) mass is 449 g/mol. The molecule has 0 radical (unpaired) electrons. The molecule has 178 valence electrons. The lowest BCUT2D eigenvalue weighted by Gasteiger charge is -2.10. The standard InChI is InChI=1S/C28H39N3O2/c1-2-3-4-5-6-7-8-14-22-31-26-19-13-12-18-25(26)30-27(31)20-15-21-29-28(32)23-33-24-16-10-9-11-17-24/h9-13,16-19H,2-8,14-15,20-23H2,1H3,(H,29,32). The topological polar surface area (TPSA) is 56.2 Å². The molecule has 0 aliphatic rings. The van der Waals surface area contributed by atoms with Crippen LogP contribution in [0.15, 0.2) is 54.6 Å². The van der Waals surface area contributed by atoms with E-state index in [1.54, 1.807) is 0 Å². The third-order valence-electron chi connectivity index (χ3n) is 5.98. The van der Waals surface area contributed by atoms with Crippen LogP contribution in [0.4, 0.5) is 0 Å². The van der Waals surface area contributed by atoms with Crippen LogP contribution in [-0.2, 0) is 17.8 Å². The van der Waals surface area contributed by atoms with Gasteiger partial charge >= 0.3 is 0 Å². The first kappa shape index (κ1) is 24.8. The van der Waals surface area contributed by atoms with E-state index in [9.17, 15) is 4.79 Å². The van der Waals surface area contributed by atoms with Gasteiger partial charge in [0, 0.05) is 19.5 Å². The van der Waals surface area contributed by atoms with Crippen LogP contribution in [0.25, 0.3) is 11.0 Å². The maximum absolute atomic E-state index is 12.1. The molecule has 3 aromatic rings. The summed E-state index contributed by atoms with van der Waals surface area (Å²) in [6.45, 7) is 3.95. The Morgan fingerprint density at radius 2 is 1.58 bits per heavy atom. The summed E-state index contributed by atoms with van der Waals surface area (Å²) in [4.78, 5) is 16.9. The first-order chi connectivity index (χ1) is 16.3. The molecule has 0 saturated heterocycles. The third kappa shape index (κ3) is 8.56. The van der Waals surface area contributed by atoms with Crippen molar-refractivity contribution < 1.29 is 9.53 Å². The van der Waals surface area contributed by atoms with Gasteiger partial charge in [-0.1, -0.05) is 82.2 Å². The average molecular weight is 450 g/mol. The van der Waals surface area contributed by atoms with Crippen LogP contribution < -0.4 is 10.1 Å². The fourth-order valence-electron chi connectivity index (χ4n) is 4.16. The van der Waals surface area contributed by atoms with Crippen LogP contribution in [0, 0.1) is 0 Å². The molecule has 5 nitrogen and oxygen atoms in total. The number of hydrogen-bond donors (Lipinski definition) is 1. The minimum absolute atomic E-state index is 0.0426. The SMILES string of the molecule is CCCCCCCCCCn1c(CCCNC(=O)COc2ccccc2)nc2ccccc21. The molecule has 0 atom stereocenters. The molecule has 1 aromatic heterocycles. The van der Waals surface area contributed by atoms with Crippen LogP contribution in [0.2, 0.25) is 0 Å². The number of carbonyl (C=O) groups excluding carboxylic acids is 1. The average Bonchev–Trinajstić information content (AvgIpc) is 3.20. The zero-order valence-electron chi connectivity index (χ0n) is 20.1. The first-order valence-electron chi connectivity index (χ1n) is 12.7. The van der Waals surface area contributed by atoms with E-state index >= 15 is 0 Å². The Morgan fingerprint density at radius 3 is 2.36 bits per heavy atom. The third-order valence-corrected chi connectivity index (χ3v) is 5.98. The van der Waals surface area contributed by atoms with Crippen molar-refractivity contribution in [2.24, 2.45) is 0 Å². The van der Waals surface area contributed by atoms with E-state index in [1.165, 1.54) is 56.9 Å². The number of fused-ring (bicyclic) bond motifs is 1. The molecule has 3 rings (SSSR count). The van der Waals surface area contributed by atoms with Crippen molar-refractivity contribution in [3.63, 3.8) is 0 Å². The highest BCUT2D eigenvalue weighted by atomic mass is 16.5. The molecule has 33 heavy (non-hydrogen) atoms. The summed E-state index contributed by atoms with van der Waals surface area (Å²) in [5.41, 5.74) is 2.28. The summed E-state index contributed by atoms with van der Waals surface area (Å²) in [5.74, 6) is 1.74. The Balaban J connectivity index is 1.41. The zero-order chi connectivity index (χ0) is 23.1. The minimum atomic E-state index is -0.0914. The number of rotatable bonds is 16. The highest BCUT2D eigenvalue weighted by molar-refractivity contribution is 5.77. The van der Waals surface area contributed by atoms with E-state index in [0.717, 1.165) is 30.7 Å². The second-order valence-corrected chi connectivity index (χ2v) is 8.70. The van der Waals surface area contributed by atoms with Crippen LogP contribution in [-0.4, -0.2) is 28.6 Å². The number of aryl methyl sites for hydroxylation is 2. The quantitative estimate of drug-likeness (QED) is 0.261. The maximum Gasteiger partial charge on any atom is 0.257 e. The molecular weight excluding hydrogens is 410 g/mol. The smallest absolute Gasteiger partial charge is 0.257 e. The predicted octanol–water partition coefficient (Wildman–Crippen LogP) is 6.30. The molecule has 1 N–H and O–H groups in total. The molecule has 1 amide bonds. The maximum atomic E-state index is 12.1. The van der Waals surface area contributed by atoms with Crippen molar-refractivity contribution in [3.8, 4) is 5.75 Å². The highest BCUT2D eigenvalue weighted by Crippen LogP contribution is 2.19. The van der Waals surface area contributed by atoms with Gasteiger partial charge in [-0.25, -0.2) is 4.98 Å². The normalized spacial score (nSPS) is 11.1. The fourth-order valence-corrected chi connectivity index (χ4v) is 4.16. The van der Waals surface area contributed by atoms with Gasteiger partial charge in [-0.05, 0) is 37.1 Å². The van der Waals surface area contributed by atoms with E-state index in [4.69, 9.17) is 9.72 Å². The number of carbonyl (C=O) groups is 1. The van der Waals surface area contributed by atoms with E-state index in [2.05, 4.69) is 35.0 Å². The van der Waals surface area contributed by atoms with Gasteiger partial charge in [0.05, 0.1) is 11.0 Å². The van der Waals surface area contributed by atoms with Gasteiger partial charge in [0.25, 0.3) is 5.91 Å². The summed E-state index contributed by atoms with van der Waals surface area (Å²) in [6, 6.07) is 17.8. The number of ether oxygens (including phenoxy) is 1. The largest absolute Gasteiger partial charge is 0.484 e. The number of hydrogen-bond acceptors (Lipinski definition) is 3. The van der Waals surface area contributed by atoms with Gasteiger partial charge in [0.1, 0.15) is 11.6 Å². The highest BCUT2D eigenvalue weighted by Gasteiger charge is 2.10. The van der Waals surface area contributed by atoms with E-state index in [0.29, 0.717) is 12.3 Å². The summed E-state index contributed by atoms with van der Waals surface area (Å²) >= 11 is 0. The van der Waals surface area contributed by atoms with Crippen LogP contribution in [0.1, 0.15) is 70.5 Å². The molecule has 0 unspecified atom stereocenters. The molecule has 0 aliphatic carbocycles. The first-order valence-corrected chi connectivity index (χ1v) is 12.7. The second-order valence-electron chi connectivity index (χ2n) is 8.70. The minimum Gasteiger partial charge on any atom is -0.484 e. The number of unbranched alkanes of at least 4 members (excludes halogenated alkanes) is 7. The van der Waals surface area contributed by atoms with Crippen molar-refractivity contribution >= 4 is 16.9 Å². The van der Waals surface area contributed by atoms with E-state index in [-0.39, 0.29) is 12.5 Å². The predicted molar refractivity (Wildman–Crippen MR) is 136 cm³/mol. The Morgan fingerprint density at radius 1 is 0.879 bits per heavy atom. The second kappa shape index (κ2) is 14.4. The molecule has 2 aromatic carbocycles. The molecule has 0 spiro atoms. The molecule has 0 saturated carbocycles. The van der Waals surface area contributed by atoms with Crippen molar-refractivity contribution in [3.05, 3.63) is 60.4 Å². The van der Waals surface area contributed by atoms with Gasteiger partial charge in [-0.15, -0.1) is 0 Å². The van der Waals surface area contributed by atoms with Gasteiger partial charge in [-0.2, -0.15) is 0 Å². The molecular formula is C28H39N3O2. The lowest BCUT2D eigenvalue weighted by atomic mass is 10.1. The fraction of sp³-hybridized carbons (Fsp3) is 0.500. The molecule has 0 bridgehead atoms. The van der Waals surface area contributed by atoms with Gasteiger partial charge in [-0.3, -0.25) is 4.79 Å². The molecule has 1 heterocycles. The van der Waals surface area contributed by atoms with Crippen LogP contribution in [0.5, 0.6) is 5.75 Å². The van der Waals surface area contributed by atoms with Crippen molar-refractivity contribution in [1.82, 2.24) is 14.9 Å². The van der Waals surface area contributed by atoms with Gasteiger partial charge in [0.15, 0.2) is 6.61 Å². The summed E-state index contributed by atoms with van der Waals surface area (Å²) in [5, 5.41) is 2.96. The van der Waals surface area contributed by atoms with Crippen LogP contribution in [0.3, 0.4) is 0 Å². The van der Waals surface area contributed by atoms with Gasteiger partial charge in [0.2, 0.25) is 0 Å². The number of aromatic nitrogens is 2. The summed E-state index contributed by atoms with van der Waals surface area (Å²) in [7, 11) is 0. The Bertz CT molecular complexity index is 952. The number of imidazole rings is 1. The number of para-hydroxylation sites is 3. The Hall–Kier alpha value is -2.82. The Labute approximate surface area is 198 Å². The van der Waals surface area contributed by atoms with Crippen molar-refractivity contribution in [2.75, 3.05) is 13.2 Å². The number of nitrogens with zero attached hydrogens (tertiary/aromatic N) is 2. The number of benzene rings is 2. The van der Waals surface area contributed by atoms with E-state index in [1.807, 2.05) is 36.4 Å². The summed E-state index contributed by atoms with van der Waals surface area (Å²) in [6.07, 6.45) is 12.3. The van der Waals surface area contributed by atoms with Crippen molar-refractivity contribution in [2.45, 2.75) is 77.7 Å². The lowest BCUT2D eigenvalue weighted by molar-refractivity contribution is -0.123. The zero-order valence-corrected chi connectivity index (χ0v) is 20.1. The Kier molecular flexibility index (Phi) is 10.8. The molecule has 0 fully saturated rings. The van der Waals surface area contributed by atoms with E-state index < -0.39 is 0 Å². The molecule has 5 heteroatoms. The van der Waals surface area contributed by atoms with Crippen molar-refractivity contribution in [1.29, 1.82) is 0 Å². The van der Waals surface area contributed by atoms with Crippen LogP contribution >= 0.6 is 0 Å². The molecule has 0 aliphatic heterocycles. The summed E-state index contributed by atoms with van der Waals surface area (Å²) < 4.78 is 7.89. The number of nitrogens with one attached hydrogen (secondary N) is 1. The van der Waals surface area contributed by atoms with Gasteiger partial charge < -0.3 is 14.6 Å².